The van der Waals surface area contributed by atoms with E-state index in [1.807, 2.05) is 13.8 Å². The molecule has 0 aromatic heterocycles. The van der Waals surface area contributed by atoms with Gasteiger partial charge in [-0.05, 0) is 13.8 Å². The highest BCUT2D eigenvalue weighted by Crippen LogP contribution is 2.14. The van der Waals surface area contributed by atoms with E-state index >= 15 is 0 Å². The number of carbonyl (C=O) groups excluding carboxylic acids is 1. The molecule has 0 spiro atoms. The molecule has 1 aliphatic rings. The van der Waals surface area contributed by atoms with E-state index in [4.69, 9.17) is 9.84 Å². The molecule has 0 bridgehead atoms. The standard InChI is InChI=1S/C12H23N3O4/c1-12(2,15-6-3-13-4-7-15)11(18)14-5-8-19-9-10(16)17/h13H,3-9H2,1-2H3,(H,14,18)(H,16,17). The molecule has 0 aromatic rings. The maximum Gasteiger partial charge on any atom is 0.329 e. The van der Waals surface area contributed by atoms with Crippen LogP contribution in [0, 0.1) is 0 Å². The van der Waals surface area contributed by atoms with E-state index in [-0.39, 0.29) is 19.1 Å². The number of aliphatic carboxylic acids is 1. The van der Waals surface area contributed by atoms with Gasteiger partial charge in [0.2, 0.25) is 5.91 Å². The van der Waals surface area contributed by atoms with Gasteiger partial charge >= 0.3 is 5.97 Å². The Balaban J connectivity index is 2.28. The Kier molecular flexibility index (Phi) is 6.20. The third-order valence-electron chi connectivity index (χ3n) is 3.22. The molecule has 1 heterocycles. The SMILES string of the molecule is CC(C)(C(=O)NCCOCC(=O)O)N1CCNCC1. The molecular weight excluding hydrogens is 250 g/mol. The number of rotatable bonds is 7. The van der Waals surface area contributed by atoms with Gasteiger partial charge in [0.05, 0.1) is 12.1 Å². The second-order valence-electron chi connectivity index (χ2n) is 5.00. The summed E-state index contributed by atoms with van der Waals surface area (Å²) in [6.45, 7) is 7.44. The lowest BCUT2D eigenvalue weighted by molar-refractivity contribution is -0.142. The molecule has 110 valence electrons. The van der Waals surface area contributed by atoms with Crippen LogP contribution in [0.1, 0.15) is 13.8 Å². The quantitative estimate of drug-likeness (QED) is 0.509. The van der Waals surface area contributed by atoms with E-state index < -0.39 is 11.5 Å². The van der Waals surface area contributed by atoms with Crippen LogP contribution in [0.2, 0.25) is 0 Å². The van der Waals surface area contributed by atoms with Crippen molar-refractivity contribution in [1.82, 2.24) is 15.5 Å². The van der Waals surface area contributed by atoms with Gasteiger partial charge in [0.1, 0.15) is 6.61 Å². The van der Waals surface area contributed by atoms with Crippen molar-refractivity contribution < 1.29 is 19.4 Å². The average Bonchev–Trinajstić information content (AvgIpc) is 2.38. The van der Waals surface area contributed by atoms with Gasteiger partial charge in [-0.25, -0.2) is 4.79 Å². The summed E-state index contributed by atoms with van der Waals surface area (Å²) in [5.74, 6) is -1.07. The van der Waals surface area contributed by atoms with E-state index in [1.54, 1.807) is 0 Å². The molecule has 0 aromatic carbocycles. The summed E-state index contributed by atoms with van der Waals surface area (Å²) in [5, 5.41) is 14.4. The topological polar surface area (TPSA) is 90.9 Å². The van der Waals surface area contributed by atoms with Crippen LogP contribution >= 0.6 is 0 Å². The Bertz CT molecular complexity index is 314. The smallest absolute Gasteiger partial charge is 0.329 e. The summed E-state index contributed by atoms with van der Waals surface area (Å²) in [4.78, 5) is 24.5. The highest BCUT2D eigenvalue weighted by atomic mass is 16.5. The fourth-order valence-electron chi connectivity index (χ4n) is 1.98. The van der Waals surface area contributed by atoms with Crippen molar-refractivity contribution in [3.63, 3.8) is 0 Å². The summed E-state index contributed by atoms with van der Waals surface area (Å²) in [6, 6.07) is 0. The maximum atomic E-state index is 12.1. The first-order valence-electron chi connectivity index (χ1n) is 6.48. The summed E-state index contributed by atoms with van der Waals surface area (Å²) >= 11 is 0. The summed E-state index contributed by atoms with van der Waals surface area (Å²) in [7, 11) is 0. The Hall–Kier alpha value is -1.18. The van der Waals surface area contributed by atoms with Crippen molar-refractivity contribution in [2.24, 2.45) is 0 Å². The summed E-state index contributed by atoms with van der Waals surface area (Å²) in [6.07, 6.45) is 0. The Labute approximate surface area is 113 Å². The van der Waals surface area contributed by atoms with Gasteiger partial charge < -0.3 is 20.5 Å². The van der Waals surface area contributed by atoms with Crippen LogP contribution in [0.5, 0.6) is 0 Å². The van der Waals surface area contributed by atoms with E-state index in [0.29, 0.717) is 6.54 Å². The fraction of sp³-hybridized carbons (Fsp3) is 0.833. The molecule has 19 heavy (non-hydrogen) atoms. The molecule has 1 saturated heterocycles. The van der Waals surface area contributed by atoms with Crippen molar-refractivity contribution in [2.75, 3.05) is 45.9 Å². The van der Waals surface area contributed by atoms with Crippen molar-refractivity contribution in [3.8, 4) is 0 Å². The second kappa shape index (κ2) is 7.42. The first kappa shape index (κ1) is 15.9. The number of carboxylic acids is 1. The minimum atomic E-state index is -1.01. The normalized spacial score (nSPS) is 17.2. The van der Waals surface area contributed by atoms with Gasteiger partial charge in [0.15, 0.2) is 0 Å². The molecule has 3 N–H and O–H groups in total. The van der Waals surface area contributed by atoms with Gasteiger partial charge in [-0.1, -0.05) is 0 Å². The lowest BCUT2D eigenvalue weighted by Crippen LogP contribution is -2.60. The molecular formula is C12H23N3O4. The van der Waals surface area contributed by atoms with Gasteiger partial charge in [0, 0.05) is 32.7 Å². The second-order valence-corrected chi connectivity index (χ2v) is 5.00. The lowest BCUT2D eigenvalue weighted by atomic mass is 10.0. The van der Waals surface area contributed by atoms with Crippen LogP contribution in [0.3, 0.4) is 0 Å². The van der Waals surface area contributed by atoms with Crippen molar-refractivity contribution in [3.05, 3.63) is 0 Å². The zero-order valence-corrected chi connectivity index (χ0v) is 11.6. The number of piperazine rings is 1. The number of nitrogens with one attached hydrogen (secondary N) is 2. The molecule has 0 aliphatic carbocycles. The molecule has 1 rings (SSSR count). The number of nitrogens with zero attached hydrogens (tertiary/aromatic N) is 1. The van der Waals surface area contributed by atoms with E-state index in [0.717, 1.165) is 26.2 Å². The Morgan fingerprint density at radius 3 is 2.58 bits per heavy atom. The van der Waals surface area contributed by atoms with Crippen LogP contribution in [-0.2, 0) is 14.3 Å². The lowest BCUT2D eigenvalue weighted by Gasteiger charge is -2.39. The van der Waals surface area contributed by atoms with Crippen LogP contribution < -0.4 is 10.6 Å². The number of hydrogen-bond donors (Lipinski definition) is 3. The number of carbonyl (C=O) groups is 2. The first-order chi connectivity index (χ1) is 8.94. The van der Waals surface area contributed by atoms with Gasteiger partial charge in [0.25, 0.3) is 0 Å². The fourth-order valence-corrected chi connectivity index (χ4v) is 1.98. The van der Waals surface area contributed by atoms with Crippen LogP contribution in [0.4, 0.5) is 0 Å². The van der Waals surface area contributed by atoms with Crippen LogP contribution in [0.15, 0.2) is 0 Å². The summed E-state index contributed by atoms with van der Waals surface area (Å²) in [5.41, 5.74) is -0.561. The van der Waals surface area contributed by atoms with E-state index in [2.05, 4.69) is 15.5 Å². The van der Waals surface area contributed by atoms with Gasteiger partial charge in [-0.3, -0.25) is 9.69 Å². The molecule has 7 heteroatoms. The molecule has 1 amide bonds. The Morgan fingerprint density at radius 1 is 1.37 bits per heavy atom. The highest BCUT2D eigenvalue weighted by molar-refractivity contribution is 5.85. The van der Waals surface area contributed by atoms with E-state index in [1.165, 1.54) is 0 Å². The number of ether oxygens (including phenoxy) is 1. The van der Waals surface area contributed by atoms with Crippen molar-refractivity contribution >= 4 is 11.9 Å². The molecule has 7 nitrogen and oxygen atoms in total. The molecule has 0 unspecified atom stereocenters. The third kappa shape index (κ3) is 5.14. The first-order valence-corrected chi connectivity index (χ1v) is 6.48. The highest BCUT2D eigenvalue weighted by Gasteiger charge is 2.34. The van der Waals surface area contributed by atoms with Gasteiger partial charge in [-0.2, -0.15) is 0 Å². The number of amides is 1. The van der Waals surface area contributed by atoms with Crippen LogP contribution in [0.25, 0.3) is 0 Å². The molecule has 1 fully saturated rings. The monoisotopic (exact) mass is 273 g/mol. The minimum Gasteiger partial charge on any atom is -0.480 e. The molecule has 1 aliphatic heterocycles. The Morgan fingerprint density at radius 2 is 2.00 bits per heavy atom. The third-order valence-corrected chi connectivity index (χ3v) is 3.22. The predicted octanol–water partition coefficient (Wildman–Crippen LogP) is -1.11. The van der Waals surface area contributed by atoms with Crippen molar-refractivity contribution in [2.45, 2.75) is 19.4 Å². The van der Waals surface area contributed by atoms with Crippen molar-refractivity contribution in [1.29, 1.82) is 0 Å². The predicted molar refractivity (Wildman–Crippen MR) is 70.0 cm³/mol. The molecule has 0 saturated carbocycles. The molecule has 0 radical (unpaired) electrons. The summed E-state index contributed by atoms with van der Waals surface area (Å²) < 4.78 is 4.87. The maximum absolute atomic E-state index is 12.1. The molecule has 0 atom stereocenters. The minimum absolute atomic E-state index is 0.0617. The van der Waals surface area contributed by atoms with Crippen LogP contribution in [-0.4, -0.2) is 73.4 Å². The zero-order chi connectivity index (χ0) is 14.3. The number of carboxylic acid groups (broad SMARTS) is 1. The largest absolute Gasteiger partial charge is 0.480 e. The average molecular weight is 273 g/mol. The zero-order valence-electron chi connectivity index (χ0n) is 11.6. The van der Waals surface area contributed by atoms with E-state index in [9.17, 15) is 9.59 Å². The van der Waals surface area contributed by atoms with Gasteiger partial charge in [-0.15, -0.1) is 0 Å². The number of hydrogen-bond acceptors (Lipinski definition) is 5.